The summed E-state index contributed by atoms with van der Waals surface area (Å²) in [7, 11) is 0. The first-order valence-corrected chi connectivity index (χ1v) is 8.04. The SMILES string of the molecule is CC(NC(=O)COc1ccc(C(C)(C)C)cc1)c1ccc(F)cc1. The van der Waals surface area contributed by atoms with Crippen LogP contribution in [-0.4, -0.2) is 12.5 Å². The molecule has 24 heavy (non-hydrogen) atoms. The Morgan fingerprint density at radius 3 is 2.21 bits per heavy atom. The maximum absolute atomic E-state index is 12.9. The van der Waals surface area contributed by atoms with Crippen LogP contribution in [0.15, 0.2) is 48.5 Å². The second-order valence-electron chi connectivity index (χ2n) is 6.90. The number of hydrogen-bond donors (Lipinski definition) is 1. The highest BCUT2D eigenvalue weighted by atomic mass is 19.1. The second kappa shape index (κ2) is 7.47. The van der Waals surface area contributed by atoms with Crippen molar-refractivity contribution in [2.45, 2.75) is 39.2 Å². The molecule has 0 saturated heterocycles. The van der Waals surface area contributed by atoms with E-state index in [9.17, 15) is 9.18 Å². The van der Waals surface area contributed by atoms with E-state index in [-0.39, 0.29) is 29.8 Å². The van der Waals surface area contributed by atoms with E-state index in [2.05, 4.69) is 26.1 Å². The van der Waals surface area contributed by atoms with E-state index in [0.29, 0.717) is 5.75 Å². The maximum Gasteiger partial charge on any atom is 0.258 e. The molecule has 2 rings (SSSR count). The lowest BCUT2D eigenvalue weighted by molar-refractivity contribution is -0.123. The van der Waals surface area contributed by atoms with E-state index in [0.717, 1.165) is 5.56 Å². The van der Waals surface area contributed by atoms with Gasteiger partial charge in [-0.15, -0.1) is 0 Å². The molecule has 2 aromatic rings. The average Bonchev–Trinajstić information content (AvgIpc) is 2.53. The topological polar surface area (TPSA) is 38.3 Å². The third kappa shape index (κ3) is 5.08. The molecule has 0 heterocycles. The minimum Gasteiger partial charge on any atom is -0.484 e. The van der Waals surface area contributed by atoms with Gasteiger partial charge < -0.3 is 10.1 Å². The standard InChI is InChI=1S/C20H24FNO2/c1-14(15-5-9-17(21)10-6-15)22-19(23)13-24-18-11-7-16(8-12-18)20(2,3)4/h5-12,14H,13H2,1-4H3,(H,22,23). The summed E-state index contributed by atoms with van der Waals surface area (Å²) >= 11 is 0. The van der Waals surface area contributed by atoms with Crippen molar-refractivity contribution in [1.82, 2.24) is 5.32 Å². The summed E-state index contributed by atoms with van der Waals surface area (Å²) in [4.78, 5) is 12.0. The van der Waals surface area contributed by atoms with E-state index >= 15 is 0 Å². The summed E-state index contributed by atoms with van der Waals surface area (Å²) < 4.78 is 18.4. The summed E-state index contributed by atoms with van der Waals surface area (Å²) in [5, 5.41) is 2.84. The number of nitrogens with one attached hydrogen (secondary N) is 1. The molecule has 0 aliphatic rings. The highest BCUT2D eigenvalue weighted by molar-refractivity contribution is 5.78. The molecule has 1 unspecified atom stereocenters. The van der Waals surface area contributed by atoms with Crippen LogP contribution in [0.25, 0.3) is 0 Å². The summed E-state index contributed by atoms with van der Waals surface area (Å²) in [6.45, 7) is 8.23. The molecule has 0 spiro atoms. The third-order valence-corrected chi connectivity index (χ3v) is 3.84. The fourth-order valence-corrected chi connectivity index (χ4v) is 2.32. The molecule has 4 heteroatoms. The van der Waals surface area contributed by atoms with Gasteiger partial charge in [0.2, 0.25) is 0 Å². The van der Waals surface area contributed by atoms with Crippen molar-refractivity contribution in [3.8, 4) is 5.75 Å². The van der Waals surface area contributed by atoms with Gasteiger partial charge in [-0.3, -0.25) is 4.79 Å². The zero-order valence-electron chi connectivity index (χ0n) is 14.6. The van der Waals surface area contributed by atoms with Gasteiger partial charge in [0.1, 0.15) is 11.6 Å². The van der Waals surface area contributed by atoms with E-state index in [1.165, 1.54) is 17.7 Å². The van der Waals surface area contributed by atoms with Crippen molar-refractivity contribution in [2.24, 2.45) is 0 Å². The van der Waals surface area contributed by atoms with E-state index in [1.807, 2.05) is 31.2 Å². The van der Waals surface area contributed by atoms with Gasteiger partial charge in [-0.1, -0.05) is 45.0 Å². The second-order valence-corrected chi connectivity index (χ2v) is 6.90. The molecule has 0 fully saturated rings. The predicted octanol–water partition coefficient (Wildman–Crippen LogP) is 4.38. The Kier molecular flexibility index (Phi) is 5.60. The largest absolute Gasteiger partial charge is 0.484 e. The number of hydrogen-bond acceptors (Lipinski definition) is 2. The monoisotopic (exact) mass is 329 g/mol. The lowest BCUT2D eigenvalue weighted by Crippen LogP contribution is -2.31. The van der Waals surface area contributed by atoms with Crippen molar-refractivity contribution in [2.75, 3.05) is 6.61 Å². The van der Waals surface area contributed by atoms with Crippen molar-refractivity contribution >= 4 is 5.91 Å². The van der Waals surface area contributed by atoms with Crippen LogP contribution in [0.3, 0.4) is 0 Å². The molecule has 128 valence electrons. The first-order chi connectivity index (χ1) is 11.3. The average molecular weight is 329 g/mol. The molecule has 0 aliphatic heterocycles. The summed E-state index contributed by atoms with van der Waals surface area (Å²) in [5.41, 5.74) is 2.14. The van der Waals surface area contributed by atoms with Crippen LogP contribution in [-0.2, 0) is 10.2 Å². The first-order valence-electron chi connectivity index (χ1n) is 8.04. The van der Waals surface area contributed by atoms with Crippen LogP contribution < -0.4 is 10.1 Å². The Morgan fingerprint density at radius 2 is 1.67 bits per heavy atom. The molecule has 0 aliphatic carbocycles. The van der Waals surface area contributed by atoms with E-state index in [1.54, 1.807) is 12.1 Å². The summed E-state index contributed by atoms with van der Waals surface area (Å²) in [6.07, 6.45) is 0. The number of amides is 1. The smallest absolute Gasteiger partial charge is 0.258 e. The van der Waals surface area contributed by atoms with Crippen molar-refractivity contribution < 1.29 is 13.9 Å². The van der Waals surface area contributed by atoms with Crippen molar-refractivity contribution in [1.29, 1.82) is 0 Å². The van der Waals surface area contributed by atoms with Crippen LogP contribution in [0.2, 0.25) is 0 Å². The van der Waals surface area contributed by atoms with Crippen molar-refractivity contribution in [3.05, 3.63) is 65.5 Å². The van der Waals surface area contributed by atoms with E-state index in [4.69, 9.17) is 4.74 Å². The minimum absolute atomic E-state index is 0.0552. The van der Waals surface area contributed by atoms with Gasteiger partial charge in [0, 0.05) is 0 Å². The molecule has 1 N–H and O–H groups in total. The van der Waals surface area contributed by atoms with Crippen LogP contribution >= 0.6 is 0 Å². The maximum atomic E-state index is 12.9. The highest BCUT2D eigenvalue weighted by Crippen LogP contribution is 2.24. The lowest BCUT2D eigenvalue weighted by atomic mass is 9.87. The lowest BCUT2D eigenvalue weighted by Gasteiger charge is -2.19. The van der Waals surface area contributed by atoms with Crippen LogP contribution in [0, 0.1) is 5.82 Å². The van der Waals surface area contributed by atoms with Gasteiger partial charge in [0.25, 0.3) is 5.91 Å². The Labute approximate surface area is 142 Å². The number of halogens is 1. The molecule has 0 aromatic heterocycles. The number of ether oxygens (including phenoxy) is 1. The number of carbonyl (C=O) groups excluding carboxylic acids is 1. The fourth-order valence-electron chi connectivity index (χ4n) is 2.32. The molecule has 1 amide bonds. The summed E-state index contributed by atoms with van der Waals surface area (Å²) in [5.74, 6) is 0.152. The fraction of sp³-hybridized carbons (Fsp3) is 0.350. The Hall–Kier alpha value is -2.36. The van der Waals surface area contributed by atoms with Gasteiger partial charge >= 0.3 is 0 Å². The Morgan fingerprint density at radius 1 is 1.08 bits per heavy atom. The number of carbonyl (C=O) groups is 1. The molecule has 3 nitrogen and oxygen atoms in total. The minimum atomic E-state index is -0.292. The van der Waals surface area contributed by atoms with Gasteiger partial charge in [0.05, 0.1) is 6.04 Å². The normalized spacial score (nSPS) is 12.5. The van der Waals surface area contributed by atoms with Crippen LogP contribution in [0.1, 0.15) is 44.9 Å². The van der Waals surface area contributed by atoms with Gasteiger partial charge in [0.15, 0.2) is 6.61 Å². The zero-order chi connectivity index (χ0) is 17.7. The molecule has 0 radical (unpaired) electrons. The Balaban J connectivity index is 1.85. The number of rotatable bonds is 5. The Bertz CT molecular complexity index is 672. The third-order valence-electron chi connectivity index (χ3n) is 3.84. The van der Waals surface area contributed by atoms with E-state index < -0.39 is 0 Å². The molecule has 0 saturated carbocycles. The highest BCUT2D eigenvalue weighted by Gasteiger charge is 2.14. The zero-order valence-corrected chi connectivity index (χ0v) is 14.6. The molecular weight excluding hydrogens is 305 g/mol. The van der Waals surface area contributed by atoms with Crippen molar-refractivity contribution in [3.63, 3.8) is 0 Å². The van der Waals surface area contributed by atoms with Crippen LogP contribution in [0.4, 0.5) is 4.39 Å². The van der Waals surface area contributed by atoms with Gasteiger partial charge in [-0.05, 0) is 47.7 Å². The molecule has 0 bridgehead atoms. The number of benzene rings is 2. The van der Waals surface area contributed by atoms with Gasteiger partial charge in [-0.2, -0.15) is 0 Å². The molecular formula is C20H24FNO2. The van der Waals surface area contributed by atoms with Gasteiger partial charge in [-0.25, -0.2) is 4.39 Å². The summed E-state index contributed by atoms with van der Waals surface area (Å²) in [6, 6.07) is 13.6. The first kappa shape index (κ1) is 18.0. The molecule has 2 aromatic carbocycles. The quantitative estimate of drug-likeness (QED) is 0.884. The predicted molar refractivity (Wildman–Crippen MR) is 93.6 cm³/mol. The van der Waals surface area contributed by atoms with Crippen LogP contribution in [0.5, 0.6) is 5.75 Å². The molecule has 1 atom stereocenters.